The summed E-state index contributed by atoms with van der Waals surface area (Å²) in [5.41, 5.74) is 1.58. The molecule has 1 atom stereocenters. The van der Waals surface area contributed by atoms with E-state index in [0.29, 0.717) is 13.0 Å². The zero-order chi connectivity index (χ0) is 27.7. The number of hydrogen-bond acceptors (Lipinski definition) is 4. The molecule has 0 aromatic heterocycles. The van der Waals surface area contributed by atoms with Crippen LogP contribution in [0.15, 0.2) is 83.8 Å². The van der Waals surface area contributed by atoms with E-state index >= 15 is 0 Å². The van der Waals surface area contributed by atoms with Crippen LogP contribution in [0, 0.1) is 12.7 Å². The molecule has 0 bridgehead atoms. The van der Waals surface area contributed by atoms with E-state index in [0.717, 1.165) is 27.9 Å². The highest BCUT2D eigenvalue weighted by Crippen LogP contribution is 2.27. The molecule has 0 fully saturated rings. The molecule has 0 aliphatic rings. The third-order valence-electron chi connectivity index (χ3n) is 6.14. The van der Waals surface area contributed by atoms with Crippen molar-refractivity contribution in [1.29, 1.82) is 0 Å². The molecule has 0 unspecified atom stereocenters. The molecule has 0 radical (unpaired) electrons. The molecule has 0 aliphatic carbocycles. The van der Waals surface area contributed by atoms with Crippen LogP contribution in [0.3, 0.4) is 0 Å². The predicted molar refractivity (Wildman–Crippen MR) is 146 cm³/mol. The van der Waals surface area contributed by atoms with E-state index < -0.39 is 34.3 Å². The second kappa shape index (κ2) is 13.2. The van der Waals surface area contributed by atoms with Gasteiger partial charge < -0.3 is 10.2 Å². The Balaban J connectivity index is 2.04. The van der Waals surface area contributed by atoms with Gasteiger partial charge in [-0.1, -0.05) is 74.0 Å². The minimum absolute atomic E-state index is 0.0751. The van der Waals surface area contributed by atoms with Gasteiger partial charge in [-0.25, -0.2) is 12.8 Å². The van der Waals surface area contributed by atoms with Crippen LogP contribution in [0.1, 0.15) is 37.8 Å². The zero-order valence-electron chi connectivity index (χ0n) is 21.9. The van der Waals surface area contributed by atoms with Gasteiger partial charge in [0.05, 0.1) is 10.6 Å². The quantitative estimate of drug-likeness (QED) is 0.363. The van der Waals surface area contributed by atoms with E-state index in [-0.39, 0.29) is 23.0 Å². The minimum Gasteiger partial charge on any atom is -0.354 e. The van der Waals surface area contributed by atoms with Crippen molar-refractivity contribution in [3.05, 3.63) is 95.8 Å². The first kappa shape index (κ1) is 28.8. The van der Waals surface area contributed by atoms with Crippen LogP contribution < -0.4 is 9.62 Å². The Labute approximate surface area is 224 Å². The van der Waals surface area contributed by atoms with Crippen LogP contribution in [-0.4, -0.2) is 44.3 Å². The molecule has 38 heavy (non-hydrogen) atoms. The number of halogens is 1. The summed E-state index contributed by atoms with van der Waals surface area (Å²) in [6, 6.07) is 19.7. The van der Waals surface area contributed by atoms with Crippen LogP contribution in [0.2, 0.25) is 0 Å². The molecular formula is C29H34FN3O4S. The first-order chi connectivity index (χ1) is 18.2. The second-order valence-electron chi connectivity index (χ2n) is 9.00. The Morgan fingerprint density at radius 1 is 0.921 bits per heavy atom. The average Bonchev–Trinajstić information content (AvgIpc) is 2.92. The van der Waals surface area contributed by atoms with Crippen molar-refractivity contribution in [3.63, 3.8) is 0 Å². The number of nitrogens with zero attached hydrogens (tertiary/aromatic N) is 2. The third kappa shape index (κ3) is 6.98. The molecule has 0 heterocycles. The number of carbonyl (C=O) groups excluding carboxylic acids is 2. The van der Waals surface area contributed by atoms with Gasteiger partial charge in [-0.05, 0) is 49.6 Å². The SMILES string of the molecule is CCCNC(=O)[C@H](CC)N(Cc1ccc(C)cc1)C(=O)CN(c1ccccc1F)S(=O)(=O)c1ccccc1. The summed E-state index contributed by atoms with van der Waals surface area (Å²) in [5.74, 6) is -1.72. The fourth-order valence-corrected chi connectivity index (χ4v) is 5.51. The number of amides is 2. The Kier molecular flexibility index (Phi) is 10.0. The van der Waals surface area contributed by atoms with E-state index in [9.17, 15) is 22.4 Å². The molecule has 0 saturated heterocycles. The minimum atomic E-state index is -4.31. The lowest BCUT2D eigenvalue weighted by Gasteiger charge is -2.33. The van der Waals surface area contributed by atoms with Crippen molar-refractivity contribution in [3.8, 4) is 0 Å². The van der Waals surface area contributed by atoms with Crippen LogP contribution in [0.4, 0.5) is 10.1 Å². The van der Waals surface area contributed by atoms with Gasteiger partial charge in [0.15, 0.2) is 0 Å². The monoisotopic (exact) mass is 539 g/mol. The normalized spacial score (nSPS) is 12.0. The molecular weight excluding hydrogens is 505 g/mol. The van der Waals surface area contributed by atoms with Crippen LogP contribution >= 0.6 is 0 Å². The van der Waals surface area contributed by atoms with Gasteiger partial charge in [0.1, 0.15) is 18.4 Å². The molecule has 0 spiro atoms. The lowest BCUT2D eigenvalue weighted by atomic mass is 10.1. The van der Waals surface area contributed by atoms with E-state index in [1.54, 1.807) is 25.1 Å². The van der Waals surface area contributed by atoms with E-state index in [2.05, 4.69) is 5.32 Å². The Hall–Kier alpha value is -3.72. The summed E-state index contributed by atoms with van der Waals surface area (Å²) in [6.45, 7) is 5.53. The highest BCUT2D eigenvalue weighted by atomic mass is 32.2. The zero-order valence-corrected chi connectivity index (χ0v) is 22.7. The average molecular weight is 540 g/mol. The summed E-state index contributed by atoms with van der Waals surface area (Å²) >= 11 is 0. The maximum atomic E-state index is 14.9. The number of nitrogens with one attached hydrogen (secondary N) is 1. The highest BCUT2D eigenvalue weighted by molar-refractivity contribution is 7.92. The molecule has 9 heteroatoms. The molecule has 202 valence electrons. The van der Waals surface area contributed by atoms with Crippen LogP contribution in [-0.2, 0) is 26.2 Å². The lowest BCUT2D eigenvalue weighted by molar-refractivity contribution is -0.140. The number of benzene rings is 3. The van der Waals surface area contributed by atoms with Crippen LogP contribution in [0.5, 0.6) is 0 Å². The molecule has 1 N–H and O–H groups in total. The van der Waals surface area contributed by atoms with Crippen molar-refractivity contribution in [1.82, 2.24) is 10.2 Å². The summed E-state index contributed by atoms with van der Waals surface area (Å²) in [7, 11) is -4.31. The Morgan fingerprint density at radius 3 is 2.16 bits per heavy atom. The summed E-state index contributed by atoms with van der Waals surface area (Å²) in [6.07, 6.45) is 1.04. The maximum absolute atomic E-state index is 14.9. The number of anilines is 1. The number of aryl methyl sites for hydroxylation is 1. The number of rotatable bonds is 12. The molecule has 0 saturated carbocycles. The number of sulfonamides is 1. The van der Waals surface area contributed by atoms with E-state index in [1.165, 1.54) is 35.2 Å². The van der Waals surface area contributed by atoms with E-state index in [1.807, 2.05) is 38.1 Å². The van der Waals surface area contributed by atoms with Gasteiger partial charge in [-0.2, -0.15) is 0 Å². The van der Waals surface area contributed by atoms with Gasteiger partial charge in [-0.3, -0.25) is 13.9 Å². The highest BCUT2D eigenvalue weighted by Gasteiger charge is 2.34. The third-order valence-corrected chi connectivity index (χ3v) is 7.91. The first-order valence-corrected chi connectivity index (χ1v) is 14.1. The Morgan fingerprint density at radius 2 is 1.55 bits per heavy atom. The largest absolute Gasteiger partial charge is 0.354 e. The van der Waals surface area contributed by atoms with Crippen LogP contribution in [0.25, 0.3) is 0 Å². The fraction of sp³-hybridized carbons (Fsp3) is 0.310. The predicted octanol–water partition coefficient (Wildman–Crippen LogP) is 4.66. The molecule has 3 aromatic rings. The van der Waals surface area contributed by atoms with Crippen molar-refractivity contribution in [2.75, 3.05) is 17.4 Å². The summed E-state index contributed by atoms with van der Waals surface area (Å²) < 4.78 is 43.0. The molecule has 3 aromatic carbocycles. The van der Waals surface area contributed by atoms with Crippen molar-refractivity contribution in [2.45, 2.75) is 51.1 Å². The number of carbonyl (C=O) groups is 2. The van der Waals surface area contributed by atoms with E-state index in [4.69, 9.17) is 0 Å². The first-order valence-electron chi connectivity index (χ1n) is 12.6. The molecule has 2 amide bonds. The number of hydrogen-bond donors (Lipinski definition) is 1. The summed E-state index contributed by atoms with van der Waals surface area (Å²) in [5, 5.41) is 2.84. The Bertz CT molecular complexity index is 1330. The standard InChI is InChI=1S/C29H34FN3O4S/c1-4-19-31-29(35)26(5-2)32(20-23-17-15-22(3)16-18-23)28(34)21-33(27-14-10-9-13-25(27)30)38(36,37)24-11-7-6-8-12-24/h6-18,26H,4-5,19-21H2,1-3H3,(H,31,35)/t26-/m0/s1. The maximum Gasteiger partial charge on any atom is 0.264 e. The van der Waals surface area contributed by atoms with Crippen molar-refractivity contribution >= 4 is 27.5 Å². The molecule has 7 nitrogen and oxygen atoms in total. The number of para-hydroxylation sites is 1. The second-order valence-corrected chi connectivity index (χ2v) is 10.9. The van der Waals surface area contributed by atoms with Gasteiger partial charge in [0.25, 0.3) is 10.0 Å². The van der Waals surface area contributed by atoms with Gasteiger partial charge in [-0.15, -0.1) is 0 Å². The van der Waals surface area contributed by atoms with Crippen molar-refractivity contribution in [2.24, 2.45) is 0 Å². The smallest absolute Gasteiger partial charge is 0.264 e. The van der Waals surface area contributed by atoms with Gasteiger partial charge in [0, 0.05) is 13.1 Å². The van der Waals surface area contributed by atoms with Gasteiger partial charge in [0.2, 0.25) is 11.8 Å². The molecule has 0 aliphatic heterocycles. The van der Waals surface area contributed by atoms with Crippen molar-refractivity contribution < 1.29 is 22.4 Å². The lowest BCUT2D eigenvalue weighted by Crippen LogP contribution is -2.52. The van der Waals surface area contributed by atoms with Gasteiger partial charge >= 0.3 is 0 Å². The fourth-order valence-electron chi connectivity index (χ4n) is 4.06. The molecule has 3 rings (SSSR count). The summed E-state index contributed by atoms with van der Waals surface area (Å²) in [4.78, 5) is 28.2. The topological polar surface area (TPSA) is 86.8 Å².